The van der Waals surface area contributed by atoms with Gasteiger partial charge in [0.1, 0.15) is 5.82 Å². The first-order valence-electron chi connectivity index (χ1n) is 11.9. The van der Waals surface area contributed by atoms with Crippen LogP contribution in [-0.4, -0.2) is 52.5 Å². The SMILES string of the molecule is CC(C)CN1C(=O)C2(CCN(Cc3cccc(C(=O)O)c3)CC2)C[C@H]1Cc1ccc(F)cc1. The molecule has 0 bridgehead atoms. The van der Waals surface area contributed by atoms with E-state index >= 15 is 0 Å². The Morgan fingerprint density at radius 2 is 1.82 bits per heavy atom. The van der Waals surface area contributed by atoms with E-state index in [1.165, 1.54) is 12.1 Å². The van der Waals surface area contributed by atoms with Gasteiger partial charge in [0.2, 0.25) is 5.91 Å². The summed E-state index contributed by atoms with van der Waals surface area (Å²) in [6.45, 7) is 7.37. The zero-order valence-electron chi connectivity index (χ0n) is 19.5. The van der Waals surface area contributed by atoms with Crippen LogP contribution in [0.4, 0.5) is 4.39 Å². The van der Waals surface area contributed by atoms with Gasteiger partial charge in [-0.05, 0) is 80.1 Å². The maximum absolute atomic E-state index is 13.6. The number of aromatic carboxylic acids is 1. The number of likely N-dealkylation sites (tertiary alicyclic amines) is 2. The molecule has 2 aliphatic rings. The zero-order valence-corrected chi connectivity index (χ0v) is 19.5. The second kappa shape index (κ2) is 9.64. The van der Waals surface area contributed by atoms with Gasteiger partial charge in [0.15, 0.2) is 0 Å². The Kier molecular flexibility index (Phi) is 6.84. The maximum Gasteiger partial charge on any atom is 0.335 e. The Balaban J connectivity index is 1.44. The number of amides is 1. The van der Waals surface area contributed by atoms with Gasteiger partial charge in [-0.1, -0.05) is 38.1 Å². The molecule has 4 rings (SSSR count). The molecule has 2 fully saturated rings. The Hall–Kier alpha value is -2.73. The summed E-state index contributed by atoms with van der Waals surface area (Å²) in [6, 6.07) is 13.9. The van der Waals surface area contributed by atoms with Crippen LogP contribution in [0.25, 0.3) is 0 Å². The van der Waals surface area contributed by atoms with Gasteiger partial charge in [-0.2, -0.15) is 0 Å². The third kappa shape index (κ3) is 5.27. The summed E-state index contributed by atoms with van der Waals surface area (Å²) in [6.07, 6.45) is 3.24. The minimum atomic E-state index is -0.913. The number of carboxylic acids is 1. The van der Waals surface area contributed by atoms with Crippen LogP contribution in [0.2, 0.25) is 0 Å². The van der Waals surface area contributed by atoms with Gasteiger partial charge in [-0.25, -0.2) is 9.18 Å². The van der Waals surface area contributed by atoms with Crippen molar-refractivity contribution in [2.24, 2.45) is 11.3 Å². The highest BCUT2D eigenvalue weighted by Gasteiger charge is 2.52. The van der Waals surface area contributed by atoms with Crippen LogP contribution in [0.1, 0.15) is 54.6 Å². The van der Waals surface area contributed by atoms with Crippen LogP contribution in [0.3, 0.4) is 0 Å². The molecule has 1 N–H and O–H groups in total. The summed E-state index contributed by atoms with van der Waals surface area (Å²) in [5.74, 6) is -0.487. The fourth-order valence-electron chi connectivity index (χ4n) is 5.44. The third-order valence-electron chi connectivity index (χ3n) is 7.12. The number of piperidine rings is 1. The molecule has 2 aromatic carbocycles. The van der Waals surface area contributed by atoms with E-state index in [9.17, 15) is 19.1 Å². The lowest BCUT2D eigenvalue weighted by Crippen LogP contribution is -2.45. The molecule has 0 aromatic heterocycles. The molecule has 5 nitrogen and oxygen atoms in total. The summed E-state index contributed by atoms with van der Waals surface area (Å²) in [7, 11) is 0. The summed E-state index contributed by atoms with van der Waals surface area (Å²) in [5, 5.41) is 9.24. The third-order valence-corrected chi connectivity index (χ3v) is 7.12. The minimum Gasteiger partial charge on any atom is -0.478 e. The summed E-state index contributed by atoms with van der Waals surface area (Å²) >= 11 is 0. The fourth-order valence-corrected chi connectivity index (χ4v) is 5.44. The van der Waals surface area contributed by atoms with Crippen LogP contribution in [0.15, 0.2) is 48.5 Å². The molecule has 0 radical (unpaired) electrons. The van der Waals surface area contributed by atoms with Gasteiger partial charge in [0.25, 0.3) is 0 Å². The first-order chi connectivity index (χ1) is 15.8. The predicted octanol–water partition coefficient (Wildman–Crippen LogP) is 4.61. The van der Waals surface area contributed by atoms with Crippen molar-refractivity contribution >= 4 is 11.9 Å². The molecule has 1 spiro atoms. The fraction of sp³-hybridized carbons (Fsp3) is 0.481. The molecule has 1 atom stereocenters. The summed E-state index contributed by atoms with van der Waals surface area (Å²) in [4.78, 5) is 29.3. The molecular formula is C27H33FN2O3. The van der Waals surface area contributed by atoms with Gasteiger partial charge in [-0.3, -0.25) is 9.69 Å². The van der Waals surface area contributed by atoms with Crippen molar-refractivity contribution in [1.29, 1.82) is 0 Å². The first kappa shape index (κ1) is 23.4. The van der Waals surface area contributed by atoms with Crippen molar-refractivity contribution in [2.75, 3.05) is 19.6 Å². The Morgan fingerprint density at radius 3 is 2.45 bits per heavy atom. The molecule has 176 valence electrons. The summed E-state index contributed by atoms with van der Waals surface area (Å²) < 4.78 is 13.4. The lowest BCUT2D eigenvalue weighted by atomic mass is 9.75. The Bertz CT molecular complexity index is 997. The molecule has 0 saturated carbocycles. The number of hydrogen-bond acceptors (Lipinski definition) is 3. The molecule has 6 heteroatoms. The maximum atomic E-state index is 13.6. The number of nitrogens with zero attached hydrogens (tertiary/aromatic N) is 2. The number of carbonyl (C=O) groups excluding carboxylic acids is 1. The number of rotatable bonds is 7. The van der Waals surface area contributed by atoms with Gasteiger partial charge in [0.05, 0.1) is 11.0 Å². The highest BCUT2D eigenvalue weighted by molar-refractivity contribution is 5.87. The molecule has 0 unspecified atom stereocenters. The quantitative estimate of drug-likeness (QED) is 0.667. The van der Waals surface area contributed by atoms with E-state index in [-0.39, 0.29) is 23.2 Å². The number of halogens is 1. The average Bonchev–Trinajstić information content (AvgIpc) is 3.02. The van der Waals surface area contributed by atoms with Crippen molar-refractivity contribution in [1.82, 2.24) is 9.80 Å². The van der Waals surface area contributed by atoms with Crippen LogP contribution in [0.5, 0.6) is 0 Å². The lowest BCUT2D eigenvalue weighted by Gasteiger charge is -2.38. The molecule has 2 saturated heterocycles. The number of hydrogen-bond donors (Lipinski definition) is 1. The van der Waals surface area contributed by atoms with E-state index in [1.807, 2.05) is 18.2 Å². The normalized spacial score (nSPS) is 20.7. The van der Waals surface area contributed by atoms with Crippen LogP contribution < -0.4 is 0 Å². The van der Waals surface area contributed by atoms with Crippen LogP contribution >= 0.6 is 0 Å². The van der Waals surface area contributed by atoms with E-state index in [4.69, 9.17) is 0 Å². The molecule has 2 aliphatic heterocycles. The van der Waals surface area contributed by atoms with Gasteiger partial charge in [-0.15, -0.1) is 0 Å². The lowest BCUT2D eigenvalue weighted by molar-refractivity contribution is -0.139. The Morgan fingerprint density at radius 1 is 1.12 bits per heavy atom. The molecular weight excluding hydrogens is 419 g/mol. The molecule has 0 aliphatic carbocycles. The monoisotopic (exact) mass is 452 g/mol. The highest BCUT2D eigenvalue weighted by atomic mass is 19.1. The van der Waals surface area contributed by atoms with Crippen LogP contribution in [0, 0.1) is 17.2 Å². The smallest absolute Gasteiger partial charge is 0.335 e. The van der Waals surface area contributed by atoms with E-state index in [0.717, 1.165) is 56.4 Å². The van der Waals surface area contributed by atoms with Gasteiger partial charge < -0.3 is 10.0 Å². The van der Waals surface area contributed by atoms with Crippen molar-refractivity contribution in [3.63, 3.8) is 0 Å². The topological polar surface area (TPSA) is 60.9 Å². The summed E-state index contributed by atoms with van der Waals surface area (Å²) in [5.41, 5.74) is 2.04. The molecule has 1 amide bonds. The Labute approximate surface area is 195 Å². The van der Waals surface area contributed by atoms with E-state index < -0.39 is 5.97 Å². The largest absolute Gasteiger partial charge is 0.478 e. The van der Waals surface area contributed by atoms with Crippen LogP contribution in [-0.2, 0) is 17.8 Å². The standard InChI is InChI=1S/C27H33FN2O3/c1-19(2)17-30-24(15-20-6-8-23(28)9-7-20)16-27(26(30)33)10-12-29(13-11-27)18-21-4-3-5-22(14-21)25(31)32/h3-9,14,19,24H,10-13,15-18H2,1-2H3,(H,31,32)/t24-/m1/s1. The van der Waals surface area contributed by atoms with Crippen molar-refractivity contribution < 1.29 is 19.1 Å². The molecule has 33 heavy (non-hydrogen) atoms. The van der Waals surface area contributed by atoms with Gasteiger partial charge >= 0.3 is 5.97 Å². The highest BCUT2D eigenvalue weighted by Crippen LogP contribution is 2.45. The minimum absolute atomic E-state index is 0.143. The number of benzene rings is 2. The predicted molar refractivity (Wildman–Crippen MR) is 125 cm³/mol. The second-order valence-corrected chi connectivity index (χ2v) is 10.1. The first-order valence-corrected chi connectivity index (χ1v) is 11.9. The van der Waals surface area contributed by atoms with Crippen molar-refractivity contribution in [3.8, 4) is 0 Å². The number of carbonyl (C=O) groups is 2. The van der Waals surface area contributed by atoms with Gasteiger partial charge in [0, 0.05) is 19.1 Å². The van der Waals surface area contributed by atoms with Crippen molar-refractivity contribution in [2.45, 2.75) is 52.1 Å². The number of carboxylic acid groups (broad SMARTS) is 1. The molecule has 2 heterocycles. The van der Waals surface area contributed by atoms with E-state index in [1.54, 1.807) is 18.2 Å². The zero-order chi connectivity index (χ0) is 23.6. The van der Waals surface area contributed by atoms with E-state index in [2.05, 4.69) is 23.6 Å². The van der Waals surface area contributed by atoms with E-state index in [0.29, 0.717) is 18.0 Å². The second-order valence-electron chi connectivity index (χ2n) is 10.1. The molecule has 2 aromatic rings. The van der Waals surface area contributed by atoms with Crippen molar-refractivity contribution in [3.05, 3.63) is 71.0 Å². The average molecular weight is 453 g/mol.